The molecule has 0 aliphatic carbocycles. The van der Waals surface area contributed by atoms with E-state index >= 15 is 0 Å². The van der Waals surface area contributed by atoms with Gasteiger partial charge in [-0.25, -0.2) is 0 Å². The highest BCUT2D eigenvalue weighted by atomic mass is 16.4. The number of aliphatic carboxylic acids is 1. The van der Waals surface area contributed by atoms with Crippen molar-refractivity contribution in [3.05, 3.63) is 35.9 Å². The highest BCUT2D eigenvalue weighted by molar-refractivity contribution is 5.94. The van der Waals surface area contributed by atoms with Crippen LogP contribution >= 0.6 is 0 Å². The maximum Gasteiger partial charge on any atom is 0.305 e. The lowest BCUT2D eigenvalue weighted by Crippen LogP contribution is -2.34. The van der Waals surface area contributed by atoms with Gasteiger partial charge in [-0.2, -0.15) is 0 Å². The SMILES string of the molecule is C[C@H](CC(=O)O)NC(=O)c1ccccc1. The van der Waals surface area contributed by atoms with Crippen molar-refractivity contribution in [1.29, 1.82) is 0 Å². The van der Waals surface area contributed by atoms with Crippen molar-refractivity contribution in [2.24, 2.45) is 0 Å². The fraction of sp³-hybridized carbons (Fsp3) is 0.273. The Morgan fingerprint density at radius 2 is 1.93 bits per heavy atom. The lowest BCUT2D eigenvalue weighted by Gasteiger charge is -2.11. The molecule has 0 saturated carbocycles. The first-order chi connectivity index (χ1) is 7.09. The van der Waals surface area contributed by atoms with Crippen LogP contribution in [0.4, 0.5) is 0 Å². The number of rotatable bonds is 4. The van der Waals surface area contributed by atoms with Gasteiger partial charge in [0.05, 0.1) is 6.42 Å². The Labute approximate surface area is 87.9 Å². The van der Waals surface area contributed by atoms with Crippen molar-refractivity contribution in [2.75, 3.05) is 0 Å². The Morgan fingerprint density at radius 1 is 1.33 bits per heavy atom. The van der Waals surface area contributed by atoms with E-state index in [-0.39, 0.29) is 18.4 Å². The monoisotopic (exact) mass is 207 g/mol. The molecule has 1 aromatic rings. The zero-order valence-electron chi connectivity index (χ0n) is 8.43. The average molecular weight is 207 g/mol. The molecule has 1 aromatic carbocycles. The molecule has 1 atom stereocenters. The third-order valence-corrected chi connectivity index (χ3v) is 1.89. The smallest absolute Gasteiger partial charge is 0.305 e. The van der Waals surface area contributed by atoms with Crippen LogP contribution in [0.3, 0.4) is 0 Å². The van der Waals surface area contributed by atoms with Crippen LogP contribution in [0.2, 0.25) is 0 Å². The predicted molar refractivity (Wildman–Crippen MR) is 55.6 cm³/mol. The maximum atomic E-state index is 11.5. The van der Waals surface area contributed by atoms with Crippen LogP contribution in [-0.2, 0) is 4.79 Å². The molecule has 4 heteroatoms. The largest absolute Gasteiger partial charge is 0.481 e. The fourth-order valence-corrected chi connectivity index (χ4v) is 1.21. The van der Waals surface area contributed by atoms with Gasteiger partial charge in [-0.1, -0.05) is 18.2 Å². The standard InChI is InChI=1S/C11H13NO3/c1-8(7-10(13)14)12-11(15)9-5-3-2-4-6-9/h2-6,8H,7H2,1H3,(H,12,15)(H,13,14)/t8-/m1/s1. The molecule has 1 rings (SSSR count). The van der Waals surface area contributed by atoms with E-state index in [1.807, 2.05) is 6.07 Å². The second-order valence-electron chi connectivity index (χ2n) is 3.34. The molecule has 0 aliphatic rings. The first kappa shape index (κ1) is 11.2. The van der Waals surface area contributed by atoms with Gasteiger partial charge < -0.3 is 10.4 Å². The van der Waals surface area contributed by atoms with Crippen molar-refractivity contribution < 1.29 is 14.7 Å². The second kappa shape index (κ2) is 5.14. The van der Waals surface area contributed by atoms with Crippen molar-refractivity contribution in [1.82, 2.24) is 5.32 Å². The summed E-state index contributed by atoms with van der Waals surface area (Å²) in [6, 6.07) is 8.34. The molecule has 0 aromatic heterocycles. The number of nitrogens with one attached hydrogen (secondary N) is 1. The van der Waals surface area contributed by atoms with Crippen LogP contribution in [0.25, 0.3) is 0 Å². The number of benzene rings is 1. The van der Waals surface area contributed by atoms with Gasteiger partial charge in [0.1, 0.15) is 0 Å². The van der Waals surface area contributed by atoms with Crippen LogP contribution in [0.1, 0.15) is 23.7 Å². The molecule has 0 spiro atoms. The lowest BCUT2D eigenvalue weighted by atomic mass is 10.2. The van der Waals surface area contributed by atoms with Gasteiger partial charge in [-0.15, -0.1) is 0 Å². The van der Waals surface area contributed by atoms with Crippen LogP contribution in [0.15, 0.2) is 30.3 Å². The van der Waals surface area contributed by atoms with E-state index < -0.39 is 5.97 Å². The topological polar surface area (TPSA) is 66.4 Å². The molecule has 0 radical (unpaired) electrons. The Bertz CT molecular complexity index is 348. The Balaban J connectivity index is 2.53. The summed E-state index contributed by atoms with van der Waals surface area (Å²) >= 11 is 0. The molecule has 0 heterocycles. The molecular weight excluding hydrogens is 194 g/mol. The summed E-state index contributed by atoms with van der Waals surface area (Å²) in [5.41, 5.74) is 0.537. The second-order valence-corrected chi connectivity index (χ2v) is 3.34. The zero-order chi connectivity index (χ0) is 11.3. The molecule has 80 valence electrons. The van der Waals surface area contributed by atoms with Crippen molar-refractivity contribution in [3.63, 3.8) is 0 Å². The highest BCUT2D eigenvalue weighted by Crippen LogP contribution is 1.99. The fourth-order valence-electron chi connectivity index (χ4n) is 1.21. The average Bonchev–Trinajstić information content (AvgIpc) is 2.17. The highest BCUT2D eigenvalue weighted by Gasteiger charge is 2.11. The van der Waals surface area contributed by atoms with Gasteiger partial charge >= 0.3 is 5.97 Å². The summed E-state index contributed by atoms with van der Waals surface area (Å²) in [5, 5.41) is 11.1. The molecule has 0 bridgehead atoms. The van der Waals surface area contributed by atoms with Gasteiger partial charge in [-0.05, 0) is 19.1 Å². The van der Waals surface area contributed by atoms with E-state index in [9.17, 15) is 9.59 Å². The van der Waals surface area contributed by atoms with Gasteiger partial charge in [-0.3, -0.25) is 9.59 Å². The molecule has 0 unspecified atom stereocenters. The van der Waals surface area contributed by atoms with E-state index in [1.165, 1.54) is 0 Å². The molecule has 1 amide bonds. The number of hydrogen-bond acceptors (Lipinski definition) is 2. The number of carboxylic acids is 1. The van der Waals surface area contributed by atoms with E-state index in [0.29, 0.717) is 5.56 Å². The third-order valence-electron chi connectivity index (χ3n) is 1.89. The molecular formula is C11H13NO3. The molecule has 0 aliphatic heterocycles. The van der Waals surface area contributed by atoms with Crippen LogP contribution in [0.5, 0.6) is 0 Å². The first-order valence-electron chi connectivity index (χ1n) is 4.67. The normalized spacial score (nSPS) is 11.8. The summed E-state index contributed by atoms with van der Waals surface area (Å²) in [6.45, 7) is 1.66. The van der Waals surface area contributed by atoms with Gasteiger partial charge in [0.2, 0.25) is 0 Å². The van der Waals surface area contributed by atoms with Crippen LogP contribution < -0.4 is 5.32 Å². The predicted octanol–water partition coefficient (Wildman–Crippen LogP) is 1.28. The zero-order valence-corrected chi connectivity index (χ0v) is 8.43. The number of amides is 1. The first-order valence-corrected chi connectivity index (χ1v) is 4.67. The molecule has 0 fully saturated rings. The van der Waals surface area contributed by atoms with Crippen LogP contribution in [-0.4, -0.2) is 23.0 Å². The van der Waals surface area contributed by atoms with Gasteiger partial charge in [0, 0.05) is 11.6 Å². The Morgan fingerprint density at radius 3 is 2.47 bits per heavy atom. The number of carbonyl (C=O) groups excluding carboxylic acids is 1. The summed E-state index contributed by atoms with van der Waals surface area (Å²) < 4.78 is 0. The van der Waals surface area contributed by atoms with E-state index in [1.54, 1.807) is 31.2 Å². The molecule has 15 heavy (non-hydrogen) atoms. The summed E-state index contributed by atoms with van der Waals surface area (Å²) in [5.74, 6) is -1.17. The van der Waals surface area contributed by atoms with E-state index in [0.717, 1.165) is 0 Å². The number of carbonyl (C=O) groups is 2. The van der Waals surface area contributed by atoms with Crippen molar-refractivity contribution in [2.45, 2.75) is 19.4 Å². The van der Waals surface area contributed by atoms with Crippen LogP contribution in [0, 0.1) is 0 Å². The quantitative estimate of drug-likeness (QED) is 0.781. The number of carboxylic acid groups (broad SMARTS) is 1. The summed E-state index contributed by atoms with van der Waals surface area (Å²) in [4.78, 5) is 21.9. The van der Waals surface area contributed by atoms with E-state index in [4.69, 9.17) is 5.11 Å². The minimum Gasteiger partial charge on any atom is -0.481 e. The summed E-state index contributed by atoms with van der Waals surface area (Å²) in [6.07, 6.45) is -0.0709. The molecule has 2 N–H and O–H groups in total. The number of hydrogen-bond donors (Lipinski definition) is 2. The Kier molecular flexibility index (Phi) is 3.85. The minimum atomic E-state index is -0.920. The molecule has 4 nitrogen and oxygen atoms in total. The minimum absolute atomic E-state index is 0.0709. The van der Waals surface area contributed by atoms with Crippen molar-refractivity contribution in [3.8, 4) is 0 Å². The Hall–Kier alpha value is -1.84. The summed E-state index contributed by atoms with van der Waals surface area (Å²) in [7, 11) is 0. The molecule has 0 saturated heterocycles. The van der Waals surface area contributed by atoms with Gasteiger partial charge in [0.25, 0.3) is 5.91 Å². The van der Waals surface area contributed by atoms with Gasteiger partial charge in [0.15, 0.2) is 0 Å². The lowest BCUT2D eigenvalue weighted by molar-refractivity contribution is -0.137. The maximum absolute atomic E-state index is 11.5. The third kappa shape index (κ3) is 3.81. The van der Waals surface area contributed by atoms with Crippen molar-refractivity contribution >= 4 is 11.9 Å². The van der Waals surface area contributed by atoms with E-state index in [2.05, 4.69) is 5.32 Å².